The summed E-state index contributed by atoms with van der Waals surface area (Å²) in [5.74, 6) is -0.641. The van der Waals surface area contributed by atoms with Gasteiger partial charge in [0.15, 0.2) is 0 Å². The van der Waals surface area contributed by atoms with Crippen molar-refractivity contribution in [1.29, 1.82) is 0 Å². The minimum absolute atomic E-state index is 0.170. The van der Waals surface area contributed by atoms with Crippen LogP contribution in [0.2, 0.25) is 0 Å². The number of nitrogens with zero attached hydrogens (tertiary/aromatic N) is 1. The van der Waals surface area contributed by atoms with E-state index in [0.29, 0.717) is 6.54 Å². The topological polar surface area (TPSA) is 20.3 Å². The third-order valence-corrected chi connectivity index (χ3v) is 3.80. The number of carbonyl (C=O) groups is 1. The molecule has 1 amide bonds. The Morgan fingerprint density at radius 2 is 1.90 bits per heavy atom. The number of carbonyl (C=O) groups excluding carboxylic acids is 1. The minimum atomic E-state index is -0.432. The van der Waals surface area contributed by atoms with Crippen LogP contribution in [0.3, 0.4) is 0 Å². The lowest BCUT2D eigenvalue weighted by atomic mass is 10.1. The van der Waals surface area contributed by atoms with E-state index in [1.165, 1.54) is 6.07 Å². The Hall–Kier alpha value is -2.16. The number of benzene rings is 2. The lowest BCUT2D eigenvalue weighted by Gasteiger charge is -2.23. The fraction of sp³-hybridized carbons (Fsp3) is 0.278. The zero-order valence-corrected chi connectivity index (χ0v) is 12.1. The molecule has 0 spiro atoms. The summed E-state index contributed by atoms with van der Waals surface area (Å²) in [5, 5.41) is 0. The zero-order valence-electron chi connectivity index (χ0n) is 12.1. The van der Waals surface area contributed by atoms with E-state index >= 15 is 0 Å². The van der Waals surface area contributed by atoms with Crippen LogP contribution in [0, 0.1) is 12.7 Å². The van der Waals surface area contributed by atoms with Crippen LogP contribution in [-0.4, -0.2) is 16.8 Å². The summed E-state index contributed by atoms with van der Waals surface area (Å²) in [6.07, 6.45) is 2.01. The Kier molecular flexibility index (Phi) is 3.74. The monoisotopic (exact) mass is 283 g/mol. The molecule has 2 aromatic rings. The molecule has 0 saturated heterocycles. The Morgan fingerprint density at radius 3 is 2.52 bits per heavy atom. The summed E-state index contributed by atoms with van der Waals surface area (Å²) in [6.45, 7) is 2.36. The van der Waals surface area contributed by atoms with Gasteiger partial charge in [-0.25, -0.2) is 4.39 Å². The molecule has 1 saturated carbocycles. The van der Waals surface area contributed by atoms with Crippen molar-refractivity contribution in [2.45, 2.75) is 32.4 Å². The van der Waals surface area contributed by atoms with Crippen molar-refractivity contribution in [1.82, 2.24) is 4.90 Å². The van der Waals surface area contributed by atoms with Crippen molar-refractivity contribution in [3.63, 3.8) is 0 Å². The van der Waals surface area contributed by atoms with Gasteiger partial charge in [-0.2, -0.15) is 0 Å². The molecule has 0 bridgehead atoms. The normalized spacial score (nSPS) is 14.0. The predicted molar refractivity (Wildman–Crippen MR) is 80.5 cm³/mol. The van der Waals surface area contributed by atoms with Crippen molar-refractivity contribution in [3.05, 3.63) is 71.0 Å². The fourth-order valence-corrected chi connectivity index (χ4v) is 2.48. The first-order valence-corrected chi connectivity index (χ1v) is 7.26. The molecule has 0 N–H and O–H groups in total. The number of amides is 1. The van der Waals surface area contributed by atoms with Crippen LogP contribution in [0.5, 0.6) is 0 Å². The van der Waals surface area contributed by atoms with Crippen LogP contribution >= 0.6 is 0 Å². The molecule has 2 aromatic carbocycles. The van der Waals surface area contributed by atoms with E-state index in [1.807, 2.05) is 37.3 Å². The number of rotatable bonds is 4. The highest BCUT2D eigenvalue weighted by atomic mass is 19.1. The average molecular weight is 283 g/mol. The number of hydrogen-bond donors (Lipinski definition) is 0. The molecule has 1 aliphatic rings. The lowest BCUT2D eigenvalue weighted by Crippen LogP contribution is -2.33. The molecular weight excluding hydrogens is 265 g/mol. The van der Waals surface area contributed by atoms with E-state index in [0.717, 1.165) is 24.0 Å². The summed E-state index contributed by atoms with van der Waals surface area (Å²) < 4.78 is 14.0. The van der Waals surface area contributed by atoms with Crippen molar-refractivity contribution >= 4 is 5.91 Å². The lowest BCUT2D eigenvalue weighted by molar-refractivity contribution is 0.0725. The molecule has 3 rings (SSSR count). The van der Waals surface area contributed by atoms with Gasteiger partial charge in [0, 0.05) is 12.6 Å². The quantitative estimate of drug-likeness (QED) is 0.832. The van der Waals surface area contributed by atoms with E-state index in [-0.39, 0.29) is 17.5 Å². The van der Waals surface area contributed by atoms with Crippen molar-refractivity contribution in [2.75, 3.05) is 0 Å². The maximum Gasteiger partial charge on any atom is 0.257 e. The first kappa shape index (κ1) is 13.8. The zero-order chi connectivity index (χ0) is 14.8. The molecule has 2 nitrogen and oxygen atoms in total. The third-order valence-electron chi connectivity index (χ3n) is 3.80. The van der Waals surface area contributed by atoms with E-state index < -0.39 is 5.82 Å². The molecule has 0 radical (unpaired) electrons. The van der Waals surface area contributed by atoms with Crippen molar-refractivity contribution in [2.24, 2.45) is 0 Å². The molecule has 0 heterocycles. The molecule has 108 valence electrons. The molecule has 21 heavy (non-hydrogen) atoms. The first-order valence-electron chi connectivity index (χ1n) is 7.26. The van der Waals surface area contributed by atoms with Crippen LogP contribution in [0.4, 0.5) is 4.39 Å². The smallest absolute Gasteiger partial charge is 0.257 e. The summed E-state index contributed by atoms with van der Waals surface area (Å²) in [5.41, 5.74) is 2.07. The second-order valence-electron chi connectivity index (χ2n) is 5.63. The van der Waals surface area contributed by atoms with Gasteiger partial charge in [-0.1, -0.05) is 36.4 Å². The predicted octanol–water partition coefficient (Wildman–Crippen LogP) is 3.94. The van der Waals surface area contributed by atoms with Crippen molar-refractivity contribution < 1.29 is 9.18 Å². The van der Waals surface area contributed by atoms with Crippen LogP contribution in [0.25, 0.3) is 0 Å². The first-order chi connectivity index (χ1) is 10.1. The highest BCUT2D eigenvalue weighted by molar-refractivity contribution is 5.95. The molecule has 0 aliphatic heterocycles. The Bertz CT molecular complexity index is 650. The molecule has 0 atom stereocenters. The fourth-order valence-electron chi connectivity index (χ4n) is 2.48. The molecule has 3 heteroatoms. The van der Waals surface area contributed by atoms with Gasteiger partial charge in [0.1, 0.15) is 5.82 Å². The number of halogens is 1. The van der Waals surface area contributed by atoms with Crippen LogP contribution < -0.4 is 0 Å². The molecule has 1 aliphatic carbocycles. The van der Waals surface area contributed by atoms with Gasteiger partial charge < -0.3 is 4.90 Å². The second-order valence-corrected chi connectivity index (χ2v) is 5.63. The van der Waals surface area contributed by atoms with Crippen molar-refractivity contribution in [3.8, 4) is 0 Å². The molecule has 0 unspecified atom stereocenters. The van der Waals surface area contributed by atoms with Gasteiger partial charge in [0.25, 0.3) is 5.91 Å². The Balaban J connectivity index is 1.85. The van der Waals surface area contributed by atoms with E-state index in [1.54, 1.807) is 17.0 Å². The van der Waals surface area contributed by atoms with Gasteiger partial charge in [-0.15, -0.1) is 0 Å². The third kappa shape index (κ3) is 3.13. The second kappa shape index (κ2) is 5.68. The van der Waals surface area contributed by atoms with Gasteiger partial charge >= 0.3 is 0 Å². The summed E-state index contributed by atoms with van der Waals surface area (Å²) >= 11 is 0. The standard InChI is InChI=1S/C18H18FNO/c1-13-7-10-16(17(19)11-13)18(21)20(15-8-9-15)12-14-5-3-2-4-6-14/h2-7,10-11,15H,8-9,12H2,1H3. The average Bonchev–Trinajstić information content (AvgIpc) is 3.30. The van der Waals surface area contributed by atoms with E-state index in [4.69, 9.17) is 0 Å². The summed E-state index contributed by atoms with van der Waals surface area (Å²) in [7, 11) is 0. The van der Waals surface area contributed by atoms with Gasteiger partial charge in [-0.3, -0.25) is 4.79 Å². The molecule has 0 aromatic heterocycles. The van der Waals surface area contributed by atoms with Gasteiger partial charge in [0.05, 0.1) is 5.56 Å². The Labute approximate surface area is 124 Å². The largest absolute Gasteiger partial charge is 0.331 e. The number of hydrogen-bond acceptors (Lipinski definition) is 1. The SMILES string of the molecule is Cc1ccc(C(=O)N(Cc2ccccc2)C2CC2)c(F)c1. The van der Waals surface area contributed by atoms with E-state index in [2.05, 4.69) is 0 Å². The molecular formula is C18H18FNO. The van der Waals surface area contributed by atoms with Gasteiger partial charge in [0.2, 0.25) is 0 Å². The highest BCUT2D eigenvalue weighted by Gasteiger charge is 2.33. The highest BCUT2D eigenvalue weighted by Crippen LogP contribution is 2.30. The summed E-state index contributed by atoms with van der Waals surface area (Å²) in [4.78, 5) is 14.4. The minimum Gasteiger partial charge on any atom is -0.331 e. The Morgan fingerprint density at radius 1 is 1.19 bits per heavy atom. The maximum atomic E-state index is 14.0. The van der Waals surface area contributed by atoms with Crippen LogP contribution in [0.1, 0.15) is 34.3 Å². The maximum absolute atomic E-state index is 14.0. The van der Waals surface area contributed by atoms with Crippen LogP contribution in [-0.2, 0) is 6.54 Å². The summed E-state index contributed by atoms with van der Waals surface area (Å²) in [6, 6.07) is 14.9. The number of aryl methyl sites for hydroxylation is 1. The van der Waals surface area contributed by atoms with E-state index in [9.17, 15) is 9.18 Å². The molecule has 1 fully saturated rings. The van der Waals surface area contributed by atoms with Gasteiger partial charge in [-0.05, 0) is 43.0 Å². The van der Waals surface area contributed by atoms with Crippen LogP contribution in [0.15, 0.2) is 48.5 Å².